The number of fused-ring (bicyclic) bond motifs is 1. The number of nitrogens with zero attached hydrogens (tertiary/aromatic N) is 1. The van der Waals surface area contributed by atoms with Crippen molar-refractivity contribution in [2.75, 3.05) is 12.1 Å². The Morgan fingerprint density at radius 1 is 1.19 bits per heavy atom. The van der Waals surface area contributed by atoms with E-state index in [1.165, 1.54) is 6.07 Å². The summed E-state index contributed by atoms with van der Waals surface area (Å²) in [6.45, 7) is 2.59. The van der Waals surface area contributed by atoms with Crippen LogP contribution in [0.4, 0.5) is 11.4 Å². The molecule has 2 aromatic rings. The van der Waals surface area contributed by atoms with Crippen LogP contribution in [0, 0.1) is 17.0 Å². The van der Waals surface area contributed by atoms with Crippen LogP contribution in [0.15, 0.2) is 36.4 Å². The second-order valence-corrected chi connectivity index (χ2v) is 4.80. The fourth-order valence-electron chi connectivity index (χ4n) is 2.23. The van der Waals surface area contributed by atoms with Crippen LogP contribution in [0.5, 0.6) is 11.5 Å². The minimum atomic E-state index is -0.378. The summed E-state index contributed by atoms with van der Waals surface area (Å²) in [7, 11) is 0. The van der Waals surface area contributed by atoms with E-state index in [1.54, 1.807) is 19.1 Å². The summed E-state index contributed by atoms with van der Waals surface area (Å²) in [5.74, 6) is 1.50. The molecule has 0 fully saturated rings. The summed E-state index contributed by atoms with van der Waals surface area (Å²) >= 11 is 0. The highest BCUT2D eigenvalue weighted by Gasteiger charge is 2.13. The van der Waals surface area contributed by atoms with Crippen molar-refractivity contribution in [3.05, 3.63) is 57.6 Å². The van der Waals surface area contributed by atoms with E-state index in [2.05, 4.69) is 5.32 Å². The Kier molecular flexibility index (Phi) is 3.35. The lowest BCUT2D eigenvalue weighted by Crippen LogP contribution is -2.00. The predicted octanol–water partition coefficient (Wildman–Crippen LogP) is 3.24. The van der Waals surface area contributed by atoms with Gasteiger partial charge in [0.25, 0.3) is 5.69 Å². The van der Waals surface area contributed by atoms with Crippen LogP contribution in [-0.4, -0.2) is 11.7 Å². The summed E-state index contributed by atoms with van der Waals surface area (Å²) in [6.07, 6.45) is 0. The Morgan fingerprint density at radius 3 is 2.76 bits per heavy atom. The van der Waals surface area contributed by atoms with Crippen molar-refractivity contribution < 1.29 is 14.4 Å². The first-order valence-electron chi connectivity index (χ1n) is 6.51. The Labute approximate surface area is 121 Å². The zero-order chi connectivity index (χ0) is 14.8. The van der Waals surface area contributed by atoms with E-state index in [9.17, 15) is 10.1 Å². The van der Waals surface area contributed by atoms with Crippen molar-refractivity contribution in [1.82, 2.24) is 0 Å². The van der Waals surface area contributed by atoms with Gasteiger partial charge in [-0.25, -0.2) is 0 Å². The molecule has 2 aromatic carbocycles. The number of aryl methyl sites for hydroxylation is 1. The van der Waals surface area contributed by atoms with Gasteiger partial charge in [0.05, 0.1) is 4.92 Å². The number of hydrogen-bond acceptors (Lipinski definition) is 5. The minimum absolute atomic E-state index is 0.128. The van der Waals surface area contributed by atoms with Crippen LogP contribution in [0.2, 0.25) is 0 Å². The van der Waals surface area contributed by atoms with E-state index in [1.807, 2.05) is 18.2 Å². The molecule has 0 radical (unpaired) electrons. The first-order valence-corrected chi connectivity index (χ1v) is 6.51. The molecule has 1 N–H and O–H groups in total. The van der Waals surface area contributed by atoms with Gasteiger partial charge in [0, 0.05) is 23.9 Å². The quantitative estimate of drug-likeness (QED) is 0.690. The molecule has 108 valence electrons. The average Bonchev–Trinajstić information content (AvgIpc) is 2.92. The molecule has 0 unspecified atom stereocenters. The molecule has 21 heavy (non-hydrogen) atoms. The van der Waals surface area contributed by atoms with Crippen LogP contribution >= 0.6 is 0 Å². The number of nitrogens with one attached hydrogen (secondary N) is 1. The van der Waals surface area contributed by atoms with E-state index in [0.29, 0.717) is 12.1 Å². The maximum Gasteiger partial charge on any atom is 0.272 e. The van der Waals surface area contributed by atoms with Gasteiger partial charge in [-0.3, -0.25) is 10.1 Å². The van der Waals surface area contributed by atoms with Crippen molar-refractivity contribution in [3.8, 4) is 11.5 Å². The molecule has 1 aliphatic rings. The Morgan fingerprint density at radius 2 is 2.00 bits per heavy atom. The second-order valence-electron chi connectivity index (χ2n) is 4.80. The minimum Gasteiger partial charge on any atom is -0.454 e. The molecule has 3 rings (SSSR count). The standard InChI is InChI=1S/C15H14N2O4/c1-10-6-12(3-4-13(10)17(18)19)16-8-11-2-5-14-15(7-11)21-9-20-14/h2-7,16H,8-9H2,1H3. The lowest BCUT2D eigenvalue weighted by molar-refractivity contribution is -0.385. The van der Waals surface area contributed by atoms with Gasteiger partial charge in [0.15, 0.2) is 11.5 Å². The highest BCUT2D eigenvalue weighted by Crippen LogP contribution is 2.32. The van der Waals surface area contributed by atoms with Gasteiger partial charge in [-0.05, 0) is 36.8 Å². The number of rotatable bonds is 4. The third-order valence-electron chi connectivity index (χ3n) is 3.33. The molecule has 0 amide bonds. The number of benzene rings is 2. The Hall–Kier alpha value is -2.76. The number of ether oxygens (including phenoxy) is 2. The van der Waals surface area contributed by atoms with Gasteiger partial charge >= 0.3 is 0 Å². The maximum atomic E-state index is 10.8. The van der Waals surface area contributed by atoms with Crippen LogP contribution in [0.25, 0.3) is 0 Å². The summed E-state index contributed by atoms with van der Waals surface area (Å²) in [4.78, 5) is 10.4. The Balaban J connectivity index is 1.70. The van der Waals surface area contributed by atoms with Gasteiger partial charge < -0.3 is 14.8 Å². The van der Waals surface area contributed by atoms with E-state index in [4.69, 9.17) is 9.47 Å². The Bertz CT molecular complexity index is 700. The molecule has 1 heterocycles. The topological polar surface area (TPSA) is 73.6 Å². The molecule has 0 atom stereocenters. The number of nitro benzene ring substituents is 1. The maximum absolute atomic E-state index is 10.8. The molecule has 1 aliphatic heterocycles. The van der Waals surface area contributed by atoms with E-state index < -0.39 is 0 Å². The van der Waals surface area contributed by atoms with E-state index in [-0.39, 0.29) is 17.4 Å². The molecule has 0 saturated carbocycles. The number of anilines is 1. The molecule has 0 bridgehead atoms. The summed E-state index contributed by atoms with van der Waals surface area (Å²) in [5, 5.41) is 14.0. The molecule has 6 heteroatoms. The third-order valence-corrected chi connectivity index (χ3v) is 3.33. The third kappa shape index (κ3) is 2.74. The highest BCUT2D eigenvalue weighted by atomic mass is 16.7. The van der Waals surface area contributed by atoms with E-state index in [0.717, 1.165) is 22.7 Å². The van der Waals surface area contributed by atoms with Gasteiger partial charge in [-0.2, -0.15) is 0 Å². The number of nitro groups is 1. The molecular formula is C15H14N2O4. The van der Waals surface area contributed by atoms with Crippen molar-refractivity contribution in [2.45, 2.75) is 13.5 Å². The predicted molar refractivity (Wildman–Crippen MR) is 77.7 cm³/mol. The first kappa shape index (κ1) is 13.2. The second kappa shape index (κ2) is 5.32. The van der Waals surface area contributed by atoms with Crippen LogP contribution in [-0.2, 0) is 6.54 Å². The molecular weight excluding hydrogens is 272 g/mol. The van der Waals surface area contributed by atoms with Crippen LogP contribution < -0.4 is 14.8 Å². The summed E-state index contributed by atoms with van der Waals surface area (Å²) in [5.41, 5.74) is 2.66. The monoisotopic (exact) mass is 286 g/mol. The highest BCUT2D eigenvalue weighted by molar-refractivity contribution is 5.54. The zero-order valence-electron chi connectivity index (χ0n) is 11.5. The molecule has 0 aliphatic carbocycles. The summed E-state index contributed by atoms with van der Waals surface area (Å²) < 4.78 is 10.6. The number of hydrogen-bond donors (Lipinski definition) is 1. The molecule has 6 nitrogen and oxygen atoms in total. The first-order chi connectivity index (χ1) is 10.1. The lowest BCUT2D eigenvalue weighted by Gasteiger charge is -2.08. The van der Waals surface area contributed by atoms with Crippen molar-refractivity contribution >= 4 is 11.4 Å². The average molecular weight is 286 g/mol. The van der Waals surface area contributed by atoms with Gasteiger partial charge in [-0.1, -0.05) is 6.07 Å². The molecule has 0 spiro atoms. The zero-order valence-corrected chi connectivity index (χ0v) is 11.5. The summed E-state index contributed by atoms with van der Waals surface area (Å²) in [6, 6.07) is 10.7. The lowest BCUT2D eigenvalue weighted by atomic mass is 10.1. The normalized spacial score (nSPS) is 12.2. The van der Waals surface area contributed by atoms with Crippen molar-refractivity contribution in [1.29, 1.82) is 0 Å². The largest absolute Gasteiger partial charge is 0.454 e. The molecule has 0 saturated heterocycles. The van der Waals surface area contributed by atoms with Gasteiger partial charge in [0.1, 0.15) is 0 Å². The van der Waals surface area contributed by atoms with Gasteiger partial charge in [0.2, 0.25) is 6.79 Å². The molecule has 0 aromatic heterocycles. The fourth-order valence-corrected chi connectivity index (χ4v) is 2.23. The van der Waals surface area contributed by atoms with Crippen molar-refractivity contribution in [3.63, 3.8) is 0 Å². The fraction of sp³-hybridized carbons (Fsp3) is 0.200. The SMILES string of the molecule is Cc1cc(NCc2ccc3c(c2)OCO3)ccc1[N+](=O)[O-]. The van der Waals surface area contributed by atoms with Gasteiger partial charge in [-0.15, -0.1) is 0 Å². The smallest absolute Gasteiger partial charge is 0.272 e. The van der Waals surface area contributed by atoms with Crippen LogP contribution in [0.1, 0.15) is 11.1 Å². The van der Waals surface area contributed by atoms with Crippen LogP contribution in [0.3, 0.4) is 0 Å². The van der Waals surface area contributed by atoms with E-state index >= 15 is 0 Å². The van der Waals surface area contributed by atoms with Crippen molar-refractivity contribution in [2.24, 2.45) is 0 Å².